The zero-order valence-electron chi connectivity index (χ0n) is 15.8. The lowest BCUT2D eigenvalue weighted by molar-refractivity contribution is -0.160. The van der Waals surface area contributed by atoms with Crippen molar-refractivity contribution in [2.24, 2.45) is 28.6 Å². The lowest BCUT2D eigenvalue weighted by atomic mass is 9.45. The van der Waals surface area contributed by atoms with Crippen molar-refractivity contribution in [3.05, 3.63) is 23.8 Å². The summed E-state index contributed by atoms with van der Waals surface area (Å²) in [6.07, 6.45) is 7.34. The molecule has 0 spiro atoms. The van der Waals surface area contributed by atoms with Crippen LogP contribution in [-0.2, 0) is 4.79 Å². The summed E-state index contributed by atoms with van der Waals surface area (Å²) in [6, 6.07) is 0. The van der Waals surface area contributed by atoms with Gasteiger partial charge in [0, 0.05) is 11.8 Å². The van der Waals surface area contributed by atoms with Gasteiger partial charge in [-0.25, -0.2) is 0 Å². The molecule has 3 fully saturated rings. The molecule has 0 aromatic heterocycles. The quantitative estimate of drug-likeness (QED) is 0.712. The first-order chi connectivity index (χ1) is 11.6. The minimum Gasteiger partial charge on any atom is -0.393 e. The fourth-order valence-corrected chi connectivity index (χ4v) is 7.39. The Morgan fingerprint density at radius 3 is 2.64 bits per heavy atom. The van der Waals surface area contributed by atoms with Crippen LogP contribution in [-0.4, -0.2) is 27.7 Å². The Kier molecular flexibility index (Phi) is 3.70. The molecule has 0 amide bonds. The van der Waals surface area contributed by atoms with E-state index in [9.17, 15) is 15.0 Å². The molecular weight excluding hydrogens is 312 g/mol. The van der Waals surface area contributed by atoms with Crippen LogP contribution in [0, 0.1) is 28.6 Å². The number of rotatable bonds is 1. The first-order valence-electron chi connectivity index (χ1n) is 9.94. The molecule has 0 saturated heterocycles. The highest BCUT2D eigenvalue weighted by atomic mass is 16.3. The zero-order valence-corrected chi connectivity index (χ0v) is 15.8. The maximum Gasteiger partial charge on any atom is 0.155 e. The molecule has 4 rings (SSSR count). The third-order valence-electron chi connectivity index (χ3n) is 8.75. The van der Waals surface area contributed by atoms with Gasteiger partial charge in [0.2, 0.25) is 0 Å². The summed E-state index contributed by atoms with van der Waals surface area (Å²) in [4.78, 5) is 11.9. The van der Waals surface area contributed by atoms with E-state index >= 15 is 0 Å². The molecular formula is C22H32O3. The number of ketones is 1. The summed E-state index contributed by atoms with van der Waals surface area (Å²) >= 11 is 0. The molecule has 4 aliphatic rings. The van der Waals surface area contributed by atoms with Crippen molar-refractivity contribution in [1.82, 2.24) is 0 Å². The van der Waals surface area contributed by atoms with E-state index in [-0.39, 0.29) is 22.5 Å². The molecule has 3 nitrogen and oxygen atoms in total. The summed E-state index contributed by atoms with van der Waals surface area (Å²) in [5.41, 5.74) is 0.904. The van der Waals surface area contributed by atoms with Crippen molar-refractivity contribution in [3.63, 3.8) is 0 Å². The predicted octanol–water partition coefficient (Wildman–Crippen LogP) is 3.80. The number of carbonyl (C=O) groups excluding carboxylic acids is 1. The second-order valence-electron chi connectivity index (χ2n) is 9.76. The van der Waals surface area contributed by atoms with Gasteiger partial charge in [0.1, 0.15) is 0 Å². The van der Waals surface area contributed by atoms with Crippen LogP contribution in [0.4, 0.5) is 0 Å². The lowest BCUT2D eigenvalue weighted by Gasteiger charge is -2.60. The average molecular weight is 344 g/mol. The van der Waals surface area contributed by atoms with E-state index in [2.05, 4.69) is 20.4 Å². The van der Waals surface area contributed by atoms with Crippen LogP contribution in [0.2, 0.25) is 0 Å². The lowest BCUT2D eigenvalue weighted by Crippen LogP contribution is -2.60. The molecule has 3 heteroatoms. The summed E-state index contributed by atoms with van der Waals surface area (Å²) in [5, 5.41) is 22.6. The molecule has 4 aliphatic carbocycles. The molecule has 3 saturated carbocycles. The van der Waals surface area contributed by atoms with E-state index in [1.165, 1.54) is 5.57 Å². The van der Waals surface area contributed by atoms with Gasteiger partial charge in [-0.15, -0.1) is 0 Å². The first kappa shape index (κ1) is 17.5. The van der Waals surface area contributed by atoms with Crippen LogP contribution in [0.15, 0.2) is 23.8 Å². The van der Waals surface area contributed by atoms with Gasteiger partial charge in [0.25, 0.3) is 0 Å². The van der Waals surface area contributed by atoms with Crippen LogP contribution in [0.1, 0.15) is 65.7 Å². The Labute approximate surface area is 151 Å². The monoisotopic (exact) mass is 344 g/mol. The van der Waals surface area contributed by atoms with Crippen molar-refractivity contribution in [1.29, 1.82) is 0 Å². The molecule has 0 radical (unpaired) electrons. The van der Waals surface area contributed by atoms with E-state index in [1.807, 2.05) is 13.0 Å². The van der Waals surface area contributed by atoms with Gasteiger partial charge in [0.05, 0.1) is 11.7 Å². The summed E-state index contributed by atoms with van der Waals surface area (Å²) in [6.45, 7) is 10.5. The van der Waals surface area contributed by atoms with E-state index in [1.54, 1.807) is 0 Å². The highest BCUT2D eigenvalue weighted by Gasteiger charge is 2.66. The molecule has 138 valence electrons. The number of aliphatic hydroxyl groups is 2. The Hall–Kier alpha value is -0.930. The maximum absolute atomic E-state index is 11.9. The third-order valence-corrected chi connectivity index (χ3v) is 8.75. The number of fused-ring (bicyclic) bond motifs is 5. The van der Waals surface area contributed by atoms with E-state index in [0.717, 1.165) is 37.7 Å². The number of hydrogen-bond donors (Lipinski definition) is 2. The SMILES string of the molecule is C=C(C)[C@@]1(O)CC[C@H]2[C@@H]3CCC4=CC(=O)CC[C@]4(C)[C@H]3[C@H](O)C[C@@]21C. The normalized spacial score (nSPS) is 52.0. The molecule has 2 N–H and O–H groups in total. The van der Waals surface area contributed by atoms with Crippen molar-refractivity contribution >= 4 is 5.78 Å². The third kappa shape index (κ3) is 2.09. The molecule has 0 aromatic rings. The van der Waals surface area contributed by atoms with Gasteiger partial charge in [-0.1, -0.05) is 26.0 Å². The van der Waals surface area contributed by atoms with Crippen LogP contribution >= 0.6 is 0 Å². The molecule has 7 atom stereocenters. The Bertz CT molecular complexity index is 664. The molecule has 0 heterocycles. The second kappa shape index (κ2) is 5.29. The van der Waals surface area contributed by atoms with Gasteiger partial charge >= 0.3 is 0 Å². The van der Waals surface area contributed by atoms with E-state index in [0.29, 0.717) is 24.7 Å². The zero-order chi connectivity index (χ0) is 18.2. The van der Waals surface area contributed by atoms with E-state index < -0.39 is 11.7 Å². The highest BCUT2D eigenvalue weighted by molar-refractivity contribution is 5.91. The maximum atomic E-state index is 11.9. The topological polar surface area (TPSA) is 57.5 Å². The fourth-order valence-electron chi connectivity index (χ4n) is 7.39. The number of aliphatic hydroxyl groups excluding tert-OH is 1. The summed E-state index contributed by atoms with van der Waals surface area (Å²) in [7, 11) is 0. The number of allylic oxidation sites excluding steroid dienone is 1. The number of carbonyl (C=O) groups is 1. The Morgan fingerprint density at radius 1 is 1.24 bits per heavy atom. The van der Waals surface area contributed by atoms with Gasteiger partial charge < -0.3 is 10.2 Å². The molecule has 0 bridgehead atoms. The minimum absolute atomic E-state index is 0.0541. The Balaban J connectivity index is 1.75. The molecule has 25 heavy (non-hydrogen) atoms. The first-order valence-corrected chi connectivity index (χ1v) is 9.94. The van der Waals surface area contributed by atoms with Crippen LogP contribution in [0.3, 0.4) is 0 Å². The second-order valence-corrected chi connectivity index (χ2v) is 9.76. The van der Waals surface area contributed by atoms with E-state index in [4.69, 9.17) is 0 Å². The summed E-state index contributed by atoms with van der Waals surface area (Å²) in [5.74, 6) is 1.32. The van der Waals surface area contributed by atoms with Crippen LogP contribution in [0.25, 0.3) is 0 Å². The van der Waals surface area contributed by atoms with Gasteiger partial charge in [-0.2, -0.15) is 0 Å². The van der Waals surface area contributed by atoms with Crippen LogP contribution in [0.5, 0.6) is 0 Å². The Morgan fingerprint density at radius 2 is 1.96 bits per heavy atom. The van der Waals surface area contributed by atoms with Crippen molar-refractivity contribution < 1.29 is 15.0 Å². The largest absolute Gasteiger partial charge is 0.393 e. The fraction of sp³-hybridized carbons (Fsp3) is 0.773. The number of hydrogen-bond acceptors (Lipinski definition) is 3. The minimum atomic E-state index is -0.858. The van der Waals surface area contributed by atoms with Gasteiger partial charge in [-0.05, 0) is 80.3 Å². The van der Waals surface area contributed by atoms with Crippen LogP contribution < -0.4 is 0 Å². The predicted molar refractivity (Wildman–Crippen MR) is 97.9 cm³/mol. The standard InChI is InChI=1S/C22H32O3/c1-13(2)22(25)10-8-17-16-6-5-14-11-15(23)7-9-20(14,3)19(16)18(24)12-21(17,22)4/h11,16-19,24-25H,1,5-10,12H2,2-4H3/t16-,17-,18+,19+,20-,21-,22-/m0/s1. The molecule has 0 aliphatic heterocycles. The highest BCUT2D eigenvalue weighted by Crippen LogP contribution is 2.68. The summed E-state index contributed by atoms with van der Waals surface area (Å²) < 4.78 is 0. The van der Waals surface area contributed by atoms with Gasteiger partial charge in [-0.3, -0.25) is 4.79 Å². The van der Waals surface area contributed by atoms with Crippen molar-refractivity contribution in [2.75, 3.05) is 0 Å². The average Bonchev–Trinajstić information content (AvgIpc) is 2.80. The smallest absolute Gasteiger partial charge is 0.155 e. The van der Waals surface area contributed by atoms with Crippen molar-refractivity contribution in [3.8, 4) is 0 Å². The van der Waals surface area contributed by atoms with Crippen molar-refractivity contribution in [2.45, 2.75) is 77.4 Å². The van der Waals surface area contributed by atoms with Gasteiger partial charge in [0.15, 0.2) is 5.78 Å². The molecule has 0 unspecified atom stereocenters. The molecule has 0 aromatic carbocycles.